The van der Waals surface area contributed by atoms with Crippen LogP contribution >= 0.6 is 11.6 Å². The lowest BCUT2D eigenvalue weighted by atomic mass is 10.1. The van der Waals surface area contributed by atoms with Crippen molar-refractivity contribution in [1.29, 1.82) is 5.26 Å². The zero-order valence-electron chi connectivity index (χ0n) is 14.8. The molecule has 2 aromatic rings. The van der Waals surface area contributed by atoms with Crippen LogP contribution in [0.5, 0.6) is 5.75 Å². The molecule has 0 spiro atoms. The van der Waals surface area contributed by atoms with Crippen molar-refractivity contribution in [3.63, 3.8) is 0 Å². The molecule has 0 aliphatic heterocycles. The molecule has 0 aliphatic rings. The third-order valence-corrected chi connectivity index (χ3v) is 4.35. The number of carbonyl (C=O) groups excluding carboxylic acids is 1. The summed E-state index contributed by atoms with van der Waals surface area (Å²) in [6, 6.07) is 8.72. The molecule has 6 heteroatoms. The Bertz CT molecular complexity index is 821. The predicted molar refractivity (Wildman–Crippen MR) is 96.5 cm³/mol. The number of benzene rings is 1. The van der Waals surface area contributed by atoms with Crippen LogP contribution in [0, 0.1) is 25.2 Å². The Morgan fingerprint density at radius 2 is 2.08 bits per heavy atom. The van der Waals surface area contributed by atoms with Gasteiger partial charge in [0, 0.05) is 24.1 Å². The number of hydrogen-bond donors (Lipinski definition) is 0. The monoisotopic (exact) mass is 360 g/mol. The van der Waals surface area contributed by atoms with Crippen LogP contribution in [0.4, 0.5) is 0 Å². The molecule has 0 unspecified atom stereocenters. The number of aryl methyl sites for hydroxylation is 1. The minimum atomic E-state index is -0.121. The molecule has 0 radical (unpaired) electrons. The molecule has 0 aliphatic carbocycles. The van der Waals surface area contributed by atoms with Gasteiger partial charge in [0.2, 0.25) is 5.78 Å². The van der Waals surface area contributed by atoms with Crippen molar-refractivity contribution in [3.8, 4) is 11.8 Å². The largest absolute Gasteiger partial charge is 0.484 e. The normalized spacial score (nSPS) is 11.8. The van der Waals surface area contributed by atoms with Crippen LogP contribution < -0.4 is 4.74 Å². The summed E-state index contributed by atoms with van der Waals surface area (Å²) in [5, 5.41) is 9.16. The van der Waals surface area contributed by atoms with E-state index in [1.165, 1.54) is 6.07 Å². The minimum absolute atomic E-state index is 0.116. The van der Waals surface area contributed by atoms with Crippen LogP contribution in [-0.2, 0) is 4.74 Å². The molecule has 5 nitrogen and oxygen atoms in total. The highest BCUT2D eigenvalue weighted by Gasteiger charge is 2.19. The maximum absolute atomic E-state index is 12.6. The van der Waals surface area contributed by atoms with Crippen molar-refractivity contribution < 1.29 is 14.3 Å². The van der Waals surface area contributed by atoms with E-state index >= 15 is 0 Å². The summed E-state index contributed by atoms with van der Waals surface area (Å²) in [7, 11) is 1.66. The summed E-state index contributed by atoms with van der Waals surface area (Å²) < 4.78 is 12.8. The standard InChI is InChI=1S/C19H21ClN2O3/c1-12-7-16(14(3)22(12)13(2)10-24-4)18(23)11-25-19-6-5-15(9-21)8-17(19)20/h5-8,13H,10-11H2,1-4H3/t13-/m0/s1. The third-order valence-electron chi connectivity index (χ3n) is 4.05. The molecule has 0 N–H and O–H groups in total. The van der Waals surface area contributed by atoms with Gasteiger partial charge in [0.15, 0.2) is 6.61 Å². The van der Waals surface area contributed by atoms with Gasteiger partial charge in [-0.25, -0.2) is 0 Å². The average Bonchev–Trinajstić information content (AvgIpc) is 2.88. The van der Waals surface area contributed by atoms with E-state index in [-0.39, 0.29) is 18.4 Å². The van der Waals surface area contributed by atoms with Crippen molar-refractivity contribution in [3.05, 3.63) is 51.8 Å². The van der Waals surface area contributed by atoms with Crippen LogP contribution in [0.2, 0.25) is 5.02 Å². The molecular weight excluding hydrogens is 340 g/mol. The van der Waals surface area contributed by atoms with Crippen LogP contribution in [0.25, 0.3) is 0 Å². The van der Waals surface area contributed by atoms with Gasteiger partial charge in [-0.15, -0.1) is 0 Å². The smallest absolute Gasteiger partial charge is 0.202 e. The molecule has 132 valence electrons. The Labute approximate surface area is 152 Å². The van der Waals surface area contributed by atoms with E-state index in [1.807, 2.05) is 32.9 Å². The van der Waals surface area contributed by atoms with Crippen LogP contribution in [0.15, 0.2) is 24.3 Å². The average molecular weight is 361 g/mol. The van der Waals surface area contributed by atoms with Crippen molar-refractivity contribution in [2.24, 2.45) is 0 Å². The number of hydrogen-bond acceptors (Lipinski definition) is 4. The number of nitriles is 1. The second kappa shape index (κ2) is 8.19. The first-order valence-corrected chi connectivity index (χ1v) is 8.29. The Morgan fingerprint density at radius 1 is 1.36 bits per heavy atom. The zero-order chi connectivity index (χ0) is 18.6. The number of carbonyl (C=O) groups is 1. The molecule has 1 atom stereocenters. The first kappa shape index (κ1) is 19.0. The molecule has 0 amide bonds. The van der Waals surface area contributed by atoms with E-state index in [2.05, 4.69) is 4.57 Å². The maximum atomic E-state index is 12.6. The van der Waals surface area contributed by atoms with E-state index in [0.29, 0.717) is 28.5 Å². The number of ether oxygens (including phenoxy) is 2. The minimum Gasteiger partial charge on any atom is -0.484 e. The number of Topliss-reactive ketones (excluding diaryl/α,β-unsaturated/α-hetero) is 1. The highest BCUT2D eigenvalue weighted by Crippen LogP contribution is 2.26. The molecule has 0 bridgehead atoms. The van der Waals surface area contributed by atoms with E-state index in [9.17, 15) is 4.79 Å². The molecular formula is C19H21ClN2O3. The summed E-state index contributed by atoms with van der Waals surface area (Å²) >= 11 is 6.07. The van der Waals surface area contributed by atoms with Gasteiger partial charge in [-0.1, -0.05) is 11.6 Å². The summed E-state index contributed by atoms with van der Waals surface area (Å²) in [6.07, 6.45) is 0. The summed E-state index contributed by atoms with van der Waals surface area (Å²) in [5.41, 5.74) is 2.97. The Hall–Kier alpha value is -2.29. The molecule has 0 saturated heterocycles. The van der Waals surface area contributed by atoms with Gasteiger partial charge in [0.25, 0.3) is 0 Å². The number of rotatable bonds is 7. The lowest BCUT2D eigenvalue weighted by Gasteiger charge is -2.17. The van der Waals surface area contributed by atoms with Crippen molar-refractivity contribution in [2.75, 3.05) is 20.3 Å². The third kappa shape index (κ3) is 4.22. The van der Waals surface area contributed by atoms with Gasteiger partial charge in [-0.05, 0) is 45.0 Å². The van der Waals surface area contributed by atoms with Gasteiger partial charge < -0.3 is 14.0 Å². The highest BCUT2D eigenvalue weighted by molar-refractivity contribution is 6.32. The Morgan fingerprint density at radius 3 is 2.68 bits per heavy atom. The SMILES string of the molecule is COC[C@H](C)n1c(C)cc(C(=O)COc2ccc(C#N)cc2Cl)c1C. The van der Waals surface area contributed by atoms with Crippen molar-refractivity contribution >= 4 is 17.4 Å². The maximum Gasteiger partial charge on any atom is 0.202 e. The van der Waals surface area contributed by atoms with Gasteiger partial charge >= 0.3 is 0 Å². The number of ketones is 1. The Kier molecular flexibility index (Phi) is 6.24. The summed E-state index contributed by atoms with van der Waals surface area (Å²) in [4.78, 5) is 12.6. The number of halogens is 1. The molecule has 2 rings (SSSR count). The van der Waals surface area contributed by atoms with Crippen LogP contribution in [0.3, 0.4) is 0 Å². The molecule has 0 saturated carbocycles. The number of aromatic nitrogens is 1. The number of methoxy groups -OCH3 is 1. The topological polar surface area (TPSA) is 64.2 Å². The predicted octanol–water partition coefficient (Wildman–Crippen LogP) is 4.10. The summed E-state index contributed by atoms with van der Waals surface area (Å²) in [6.45, 7) is 6.38. The van der Waals surface area contributed by atoms with Gasteiger partial charge in [-0.2, -0.15) is 5.26 Å². The fourth-order valence-corrected chi connectivity index (χ4v) is 3.20. The van der Waals surface area contributed by atoms with Crippen LogP contribution in [-0.4, -0.2) is 30.7 Å². The fourth-order valence-electron chi connectivity index (χ4n) is 2.96. The van der Waals surface area contributed by atoms with E-state index < -0.39 is 0 Å². The highest BCUT2D eigenvalue weighted by atomic mass is 35.5. The van der Waals surface area contributed by atoms with Crippen LogP contribution in [0.1, 0.15) is 40.3 Å². The lowest BCUT2D eigenvalue weighted by Crippen LogP contribution is -2.16. The Balaban J connectivity index is 2.14. The van der Waals surface area contributed by atoms with Gasteiger partial charge in [0.05, 0.1) is 29.3 Å². The fraction of sp³-hybridized carbons (Fsp3) is 0.368. The van der Waals surface area contributed by atoms with Gasteiger partial charge in [0.1, 0.15) is 5.75 Å². The molecule has 0 fully saturated rings. The number of nitrogens with zero attached hydrogens (tertiary/aromatic N) is 2. The van der Waals surface area contributed by atoms with Crippen molar-refractivity contribution in [1.82, 2.24) is 4.57 Å². The molecule has 1 aromatic carbocycles. The molecule has 1 heterocycles. The first-order valence-electron chi connectivity index (χ1n) is 7.92. The van der Waals surface area contributed by atoms with E-state index in [4.69, 9.17) is 26.3 Å². The van der Waals surface area contributed by atoms with E-state index in [1.54, 1.807) is 19.2 Å². The van der Waals surface area contributed by atoms with Crippen molar-refractivity contribution in [2.45, 2.75) is 26.8 Å². The zero-order valence-corrected chi connectivity index (χ0v) is 15.6. The van der Waals surface area contributed by atoms with E-state index in [0.717, 1.165) is 11.4 Å². The molecule has 25 heavy (non-hydrogen) atoms. The lowest BCUT2D eigenvalue weighted by molar-refractivity contribution is 0.0920. The summed E-state index contributed by atoms with van der Waals surface area (Å²) in [5.74, 6) is 0.264. The second-order valence-electron chi connectivity index (χ2n) is 5.93. The quantitative estimate of drug-likeness (QED) is 0.697. The molecule has 1 aromatic heterocycles. The van der Waals surface area contributed by atoms with Gasteiger partial charge in [-0.3, -0.25) is 4.79 Å². The first-order chi connectivity index (χ1) is 11.9. The second-order valence-corrected chi connectivity index (χ2v) is 6.34.